The lowest BCUT2D eigenvalue weighted by molar-refractivity contribution is 0.0623. The zero-order valence-electron chi connectivity index (χ0n) is 19.0. The van der Waals surface area contributed by atoms with Gasteiger partial charge in [-0.3, -0.25) is 9.10 Å². The molecule has 2 atom stereocenters. The zero-order valence-corrected chi connectivity index (χ0v) is 20.5. The molecule has 1 saturated heterocycles. The lowest BCUT2D eigenvalue weighted by Gasteiger charge is -2.35. The van der Waals surface area contributed by atoms with E-state index in [-0.39, 0.29) is 21.5 Å². The number of ether oxygens (including phenoxy) is 2. The Labute approximate surface area is 194 Å². The maximum atomic E-state index is 13.4. The van der Waals surface area contributed by atoms with Crippen LogP contribution in [0.5, 0.6) is 11.5 Å². The first kappa shape index (κ1) is 24.2. The second kappa shape index (κ2) is 9.58. The van der Waals surface area contributed by atoms with Crippen LogP contribution >= 0.6 is 11.6 Å². The summed E-state index contributed by atoms with van der Waals surface area (Å²) >= 11 is 6.22. The van der Waals surface area contributed by atoms with Crippen LogP contribution < -0.4 is 13.8 Å². The third-order valence-electron chi connectivity index (χ3n) is 5.69. The van der Waals surface area contributed by atoms with Crippen LogP contribution in [0.1, 0.15) is 30.6 Å². The van der Waals surface area contributed by atoms with Crippen LogP contribution in [0.4, 0.5) is 5.69 Å². The van der Waals surface area contributed by atoms with Gasteiger partial charge in [-0.25, -0.2) is 8.42 Å². The van der Waals surface area contributed by atoms with Crippen LogP contribution in [0.2, 0.25) is 5.02 Å². The van der Waals surface area contributed by atoms with E-state index in [0.29, 0.717) is 42.0 Å². The van der Waals surface area contributed by atoms with Crippen LogP contribution in [0.3, 0.4) is 0 Å². The molecule has 0 unspecified atom stereocenters. The van der Waals surface area contributed by atoms with Crippen LogP contribution in [-0.4, -0.2) is 53.6 Å². The van der Waals surface area contributed by atoms with E-state index < -0.39 is 10.0 Å². The molecule has 0 bridgehead atoms. The second-order valence-corrected chi connectivity index (χ2v) is 10.7. The van der Waals surface area contributed by atoms with Gasteiger partial charge in [-0.15, -0.1) is 0 Å². The summed E-state index contributed by atoms with van der Waals surface area (Å²) < 4.78 is 38.4. The largest absolute Gasteiger partial charge is 0.495 e. The molecule has 0 N–H and O–H groups in total. The number of nitrogens with zero attached hydrogens (tertiary/aromatic N) is 2. The van der Waals surface area contributed by atoms with Crippen LogP contribution in [-0.2, 0) is 10.0 Å². The molecule has 2 aromatic carbocycles. The number of carbonyl (C=O) groups is 1. The summed E-state index contributed by atoms with van der Waals surface area (Å²) in [6, 6.07) is 9.14. The Hall–Kier alpha value is -2.45. The van der Waals surface area contributed by atoms with Crippen LogP contribution in [0.15, 0.2) is 41.3 Å². The molecule has 1 amide bonds. The minimum Gasteiger partial charge on any atom is -0.495 e. The smallest absolute Gasteiger partial charge is 0.264 e. The molecule has 0 aliphatic carbocycles. The Morgan fingerprint density at radius 3 is 2.28 bits per heavy atom. The fourth-order valence-electron chi connectivity index (χ4n) is 4.18. The number of likely N-dealkylation sites (tertiary alicyclic amines) is 1. The van der Waals surface area contributed by atoms with E-state index in [1.165, 1.54) is 45.5 Å². The average Bonchev–Trinajstić information content (AvgIpc) is 2.77. The number of hydrogen-bond donors (Lipinski definition) is 0. The van der Waals surface area contributed by atoms with Crippen molar-refractivity contribution >= 4 is 33.2 Å². The molecule has 7 nitrogen and oxygen atoms in total. The van der Waals surface area contributed by atoms with E-state index in [1.807, 2.05) is 0 Å². The van der Waals surface area contributed by atoms with Crippen molar-refractivity contribution in [1.82, 2.24) is 4.90 Å². The first-order valence-electron chi connectivity index (χ1n) is 10.4. The fourth-order valence-corrected chi connectivity index (χ4v) is 5.66. The van der Waals surface area contributed by atoms with E-state index in [4.69, 9.17) is 21.1 Å². The van der Waals surface area contributed by atoms with Gasteiger partial charge in [0.15, 0.2) is 0 Å². The van der Waals surface area contributed by atoms with Gasteiger partial charge in [0.05, 0.1) is 29.8 Å². The molecule has 0 radical (unpaired) electrons. The predicted octanol–water partition coefficient (Wildman–Crippen LogP) is 4.30. The highest BCUT2D eigenvalue weighted by atomic mass is 35.5. The summed E-state index contributed by atoms with van der Waals surface area (Å²) in [4.78, 5) is 14.9. The molecule has 0 aromatic heterocycles. The van der Waals surface area contributed by atoms with Crippen molar-refractivity contribution in [2.24, 2.45) is 11.8 Å². The van der Waals surface area contributed by atoms with Gasteiger partial charge in [0, 0.05) is 31.8 Å². The lowest BCUT2D eigenvalue weighted by atomic mass is 9.91. The quantitative estimate of drug-likeness (QED) is 0.616. The highest BCUT2D eigenvalue weighted by molar-refractivity contribution is 7.92. The average molecular weight is 481 g/mol. The fraction of sp³-hybridized carbons (Fsp3) is 0.435. The number of halogens is 1. The van der Waals surface area contributed by atoms with Crippen LogP contribution in [0.25, 0.3) is 0 Å². The Morgan fingerprint density at radius 1 is 1.06 bits per heavy atom. The summed E-state index contributed by atoms with van der Waals surface area (Å²) in [5, 5.41) is 0.252. The maximum Gasteiger partial charge on any atom is 0.264 e. The van der Waals surface area contributed by atoms with Crippen molar-refractivity contribution in [3.8, 4) is 11.5 Å². The molecular formula is C23H29ClN2O5S. The normalized spacial score (nSPS) is 18.9. The molecule has 1 fully saturated rings. The highest BCUT2D eigenvalue weighted by Gasteiger charge is 2.29. The van der Waals surface area contributed by atoms with Gasteiger partial charge in [0.25, 0.3) is 15.9 Å². The van der Waals surface area contributed by atoms with Gasteiger partial charge in [-0.05, 0) is 42.5 Å². The Balaban J connectivity index is 1.94. The van der Waals surface area contributed by atoms with Crippen molar-refractivity contribution in [3.05, 3.63) is 47.0 Å². The third kappa shape index (κ3) is 4.81. The van der Waals surface area contributed by atoms with E-state index in [1.54, 1.807) is 17.0 Å². The number of piperidine rings is 1. The Kier molecular flexibility index (Phi) is 7.25. The highest BCUT2D eigenvalue weighted by Crippen LogP contribution is 2.39. The standard InChI is InChI=1S/C23H29ClN2O5S/c1-15-9-16(2)14-26(13-15)23(27)17-7-6-8-18(10-17)32(28,29)25(3)20-11-19(24)21(30-4)12-22(20)31-5/h6-8,10-12,15-16H,9,13-14H2,1-5H3/t15-,16-/m1/s1. The number of benzene rings is 2. The summed E-state index contributed by atoms with van der Waals surface area (Å²) in [5.74, 6) is 1.32. The number of sulfonamides is 1. The number of amides is 1. The minimum atomic E-state index is -3.99. The summed E-state index contributed by atoms with van der Waals surface area (Å²) in [7, 11) is 0.331. The lowest BCUT2D eigenvalue weighted by Crippen LogP contribution is -2.42. The molecule has 32 heavy (non-hydrogen) atoms. The first-order valence-corrected chi connectivity index (χ1v) is 12.2. The number of anilines is 1. The van der Waals surface area contributed by atoms with Crippen molar-refractivity contribution in [2.75, 3.05) is 38.7 Å². The van der Waals surface area contributed by atoms with E-state index in [2.05, 4.69) is 13.8 Å². The number of methoxy groups -OCH3 is 2. The minimum absolute atomic E-state index is 0.0120. The van der Waals surface area contributed by atoms with Crippen molar-refractivity contribution in [1.29, 1.82) is 0 Å². The van der Waals surface area contributed by atoms with Gasteiger partial charge >= 0.3 is 0 Å². The molecule has 0 saturated carbocycles. The van der Waals surface area contributed by atoms with E-state index in [0.717, 1.165) is 10.7 Å². The SMILES string of the molecule is COc1cc(OC)c(N(C)S(=O)(=O)c2cccc(C(=O)N3C[C@H](C)C[C@@H](C)C3)c2)cc1Cl. The molecule has 174 valence electrons. The Bertz CT molecular complexity index is 1100. The van der Waals surface area contributed by atoms with E-state index in [9.17, 15) is 13.2 Å². The van der Waals surface area contributed by atoms with Crippen molar-refractivity contribution < 1.29 is 22.7 Å². The Morgan fingerprint density at radius 2 is 1.69 bits per heavy atom. The summed E-state index contributed by atoms with van der Waals surface area (Å²) in [6.45, 7) is 5.58. The van der Waals surface area contributed by atoms with Gasteiger partial charge < -0.3 is 14.4 Å². The van der Waals surface area contributed by atoms with E-state index >= 15 is 0 Å². The van der Waals surface area contributed by atoms with Gasteiger partial charge in [0.2, 0.25) is 0 Å². The molecule has 9 heteroatoms. The molecule has 3 rings (SSSR count). The van der Waals surface area contributed by atoms with Gasteiger partial charge in [0.1, 0.15) is 11.5 Å². The summed E-state index contributed by atoms with van der Waals surface area (Å²) in [6.07, 6.45) is 1.08. The topological polar surface area (TPSA) is 76.1 Å². The molecule has 2 aromatic rings. The maximum absolute atomic E-state index is 13.4. The molecule has 1 aliphatic rings. The second-order valence-electron chi connectivity index (χ2n) is 8.32. The van der Waals surface area contributed by atoms with Crippen molar-refractivity contribution in [2.45, 2.75) is 25.2 Å². The van der Waals surface area contributed by atoms with Crippen molar-refractivity contribution in [3.63, 3.8) is 0 Å². The number of rotatable bonds is 6. The third-order valence-corrected chi connectivity index (χ3v) is 7.75. The molecule has 0 spiro atoms. The summed E-state index contributed by atoms with van der Waals surface area (Å²) in [5.41, 5.74) is 0.606. The number of carbonyl (C=O) groups excluding carboxylic acids is 1. The monoisotopic (exact) mass is 480 g/mol. The molecular weight excluding hydrogens is 452 g/mol. The zero-order chi connectivity index (χ0) is 23.6. The molecule has 1 heterocycles. The van der Waals surface area contributed by atoms with Gasteiger partial charge in [-0.1, -0.05) is 31.5 Å². The number of hydrogen-bond acceptors (Lipinski definition) is 5. The van der Waals surface area contributed by atoms with Gasteiger partial charge in [-0.2, -0.15) is 0 Å². The predicted molar refractivity (Wildman–Crippen MR) is 125 cm³/mol. The first-order chi connectivity index (χ1) is 15.1. The molecule has 1 aliphatic heterocycles. The van der Waals surface area contributed by atoms with Crippen LogP contribution in [0, 0.1) is 11.8 Å².